The van der Waals surface area contributed by atoms with E-state index in [0.29, 0.717) is 0 Å². The molecule has 2 rings (SSSR count). The van der Waals surface area contributed by atoms with Gasteiger partial charge >= 0.3 is 5.97 Å². The van der Waals surface area contributed by atoms with Crippen molar-refractivity contribution < 1.29 is 14.7 Å². The highest BCUT2D eigenvalue weighted by atomic mass is 16.4. The van der Waals surface area contributed by atoms with Crippen LogP contribution in [0.5, 0.6) is 0 Å². The third kappa shape index (κ3) is 2.58. The second-order valence-corrected chi connectivity index (χ2v) is 3.62. The van der Waals surface area contributed by atoms with Gasteiger partial charge in [-0.2, -0.15) is 0 Å². The van der Waals surface area contributed by atoms with Gasteiger partial charge in [-0.25, -0.2) is 0 Å². The standard InChI is InChI=1S/C6H8O2.C4H7NO/c1-2-6(3-4-6)5(7)8;6-4-2-1-3-5-4/h2H,1,3-4H2,(H,7,8);1-3H2,(H,5,6). The van der Waals surface area contributed by atoms with Crippen molar-refractivity contribution in [1.82, 2.24) is 5.32 Å². The molecule has 0 aromatic rings. The Kier molecular flexibility index (Phi) is 3.28. The second-order valence-electron chi connectivity index (χ2n) is 3.62. The molecule has 14 heavy (non-hydrogen) atoms. The molecule has 0 spiro atoms. The SMILES string of the molecule is C=CC1(C(=O)O)CC1.O=C1CCCN1. The molecule has 1 saturated heterocycles. The molecule has 78 valence electrons. The summed E-state index contributed by atoms with van der Waals surface area (Å²) in [7, 11) is 0. The average molecular weight is 197 g/mol. The highest BCUT2D eigenvalue weighted by molar-refractivity contribution is 5.80. The molecule has 2 fully saturated rings. The van der Waals surface area contributed by atoms with Crippen molar-refractivity contribution in [3.63, 3.8) is 0 Å². The van der Waals surface area contributed by atoms with Crippen molar-refractivity contribution in [3.8, 4) is 0 Å². The van der Waals surface area contributed by atoms with Crippen LogP contribution >= 0.6 is 0 Å². The van der Waals surface area contributed by atoms with Crippen LogP contribution in [0.2, 0.25) is 0 Å². The van der Waals surface area contributed by atoms with E-state index in [9.17, 15) is 9.59 Å². The van der Waals surface area contributed by atoms with E-state index in [1.165, 1.54) is 6.08 Å². The van der Waals surface area contributed by atoms with Gasteiger partial charge in [0.2, 0.25) is 5.91 Å². The van der Waals surface area contributed by atoms with E-state index in [2.05, 4.69) is 11.9 Å². The number of carboxylic acid groups (broad SMARTS) is 1. The number of aliphatic carboxylic acids is 1. The monoisotopic (exact) mass is 197 g/mol. The van der Waals surface area contributed by atoms with Gasteiger partial charge in [-0.3, -0.25) is 9.59 Å². The molecule has 0 aromatic heterocycles. The first-order valence-corrected chi connectivity index (χ1v) is 4.74. The van der Waals surface area contributed by atoms with Crippen LogP contribution in [-0.4, -0.2) is 23.5 Å². The molecule has 0 unspecified atom stereocenters. The molecule has 2 aliphatic rings. The zero-order valence-corrected chi connectivity index (χ0v) is 8.08. The van der Waals surface area contributed by atoms with Crippen molar-refractivity contribution in [1.29, 1.82) is 0 Å². The molecular weight excluding hydrogens is 182 g/mol. The number of nitrogens with one attached hydrogen (secondary N) is 1. The third-order valence-corrected chi connectivity index (χ3v) is 2.51. The minimum absolute atomic E-state index is 0.204. The molecule has 0 radical (unpaired) electrons. The van der Waals surface area contributed by atoms with Gasteiger partial charge in [-0.05, 0) is 19.3 Å². The first-order chi connectivity index (χ1) is 6.60. The van der Waals surface area contributed by atoms with Crippen LogP contribution in [0.25, 0.3) is 0 Å². The Morgan fingerprint density at radius 3 is 2.29 bits per heavy atom. The lowest BCUT2D eigenvalue weighted by molar-refractivity contribution is -0.141. The Hall–Kier alpha value is -1.32. The summed E-state index contributed by atoms with van der Waals surface area (Å²) in [5.41, 5.74) is -0.528. The predicted octanol–water partition coefficient (Wildman–Crippen LogP) is 0.934. The Bertz CT molecular complexity index is 248. The van der Waals surface area contributed by atoms with Gasteiger partial charge in [0, 0.05) is 13.0 Å². The lowest BCUT2D eigenvalue weighted by atomic mass is 10.1. The number of carbonyl (C=O) groups is 2. The summed E-state index contributed by atoms with van der Waals surface area (Å²) >= 11 is 0. The van der Waals surface area contributed by atoms with Crippen molar-refractivity contribution >= 4 is 11.9 Å². The summed E-state index contributed by atoms with van der Waals surface area (Å²) in [5.74, 6) is -0.525. The predicted molar refractivity (Wildman–Crippen MR) is 51.7 cm³/mol. The van der Waals surface area contributed by atoms with Crippen LogP contribution < -0.4 is 5.32 Å². The van der Waals surface area contributed by atoms with Gasteiger partial charge in [-0.1, -0.05) is 6.08 Å². The molecule has 1 heterocycles. The Morgan fingerprint density at radius 1 is 1.57 bits per heavy atom. The summed E-state index contributed by atoms with van der Waals surface area (Å²) in [4.78, 5) is 20.4. The third-order valence-electron chi connectivity index (χ3n) is 2.51. The Morgan fingerprint density at radius 2 is 2.21 bits per heavy atom. The molecule has 4 nitrogen and oxygen atoms in total. The van der Waals surface area contributed by atoms with E-state index in [-0.39, 0.29) is 5.91 Å². The van der Waals surface area contributed by atoms with Crippen molar-refractivity contribution in [3.05, 3.63) is 12.7 Å². The van der Waals surface area contributed by atoms with E-state index in [4.69, 9.17) is 5.11 Å². The summed E-state index contributed by atoms with van der Waals surface area (Å²) in [6, 6.07) is 0. The lowest BCUT2D eigenvalue weighted by Crippen LogP contribution is -2.12. The molecule has 1 amide bonds. The normalized spacial score (nSPS) is 21.6. The van der Waals surface area contributed by atoms with Crippen molar-refractivity contribution in [2.45, 2.75) is 25.7 Å². The van der Waals surface area contributed by atoms with E-state index < -0.39 is 11.4 Å². The largest absolute Gasteiger partial charge is 0.481 e. The fraction of sp³-hybridized carbons (Fsp3) is 0.600. The van der Waals surface area contributed by atoms with Crippen LogP contribution in [0.3, 0.4) is 0 Å². The first kappa shape index (κ1) is 10.8. The quantitative estimate of drug-likeness (QED) is 0.647. The van der Waals surface area contributed by atoms with Crippen LogP contribution in [0.15, 0.2) is 12.7 Å². The number of carbonyl (C=O) groups excluding carboxylic acids is 1. The zero-order valence-electron chi connectivity index (χ0n) is 8.08. The second kappa shape index (κ2) is 4.26. The number of hydrogen-bond donors (Lipinski definition) is 2. The number of carboxylic acids is 1. The molecule has 0 aromatic carbocycles. The number of rotatable bonds is 2. The summed E-state index contributed by atoms with van der Waals surface area (Å²) in [6.07, 6.45) is 4.83. The van der Waals surface area contributed by atoms with Gasteiger partial charge in [0.25, 0.3) is 0 Å². The maximum absolute atomic E-state index is 10.2. The van der Waals surface area contributed by atoms with Gasteiger partial charge in [-0.15, -0.1) is 6.58 Å². The molecule has 1 aliphatic heterocycles. The fourth-order valence-corrected chi connectivity index (χ4v) is 1.21. The van der Waals surface area contributed by atoms with Gasteiger partial charge in [0.1, 0.15) is 0 Å². The molecule has 2 N–H and O–H groups in total. The summed E-state index contributed by atoms with van der Waals surface area (Å²) in [5, 5.41) is 11.1. The van der Waals surface area contributed by atoms with E-state index in [0.717, 1.165) is 32.2 Å². The highest BCUT2D eigenvalue weighted by Gasteiger charge is 2.47. The fourth-order valence-electron chi connectivity index (χ4n) is 1.21. The molecule has 1 saturated carbocycles. The lowest BCUT2D eigenvalue weighted by Gasteiger charge is -1.97. The minimum atomic E-state index is -0.729. The molecule has 0 bridgehead atoms. The summed E-state index contributed by atoms with van der Waals surface area (Å²) in [6.45, 7) is 4.32. The van der Waals surface area contributed by atoms with E-state index in [1.807, 2.05) is 0 Å². The molecular formula is C10H15NO3. The smallest absolute Gasteiger partial charge is 0.313 e. The summed E-state index contributed by atoms with van der Waals surface area (Å²) < 4.78 is 0. The zero-order chi connectivity index (χ0) is 10.6. The maximum Gasteiger partial charge on any atom is 0.313 e. The van der Waals surface area contributed by atoms with Crippen LogP contribution in [0.1, 0.15) is 25.7 Å². The Balaban J connectivity index is 0.000000146. The van der Waals surface area contributed by atoms with Crippen LogP contribution in [0, 0.1) is 5.41 Å². The minimum Gasteiger partial charge on any atom is -0.481 e. The van der Waals surface area contributed by atoms with E-state index >= 15 is 0 Å². The average Bonchev–Trinajstić information content (AvgIpc) is 2.84. The molecule has 4 heteroatoms. The van der Waals surface area contributed by atoms with Crippen molar-refractivity contribution in [2.24, 2.45) is 5.41 Å². The van der Waals surface area contributed by atoms with Gasteiger partial charge < -0.3 is 10.4 Å². The van der Waals surface area contributed by atoms with Crippen LogP contribution in [0.4, 0.5) is 0 Å². The van der Waals surface area contributed by atoms with E-state index in [1.54, 1.807) is 0 Å². The first-order valence-electron chi connectivity index (χ1n) is 4.74. The van der Waals surface area contributed by atoms with Crippen molar-refractivity contribution in [2.75, 3.05) is 6.54 Å². The number of amides is 1. The molecule has 1 aliphatic carbocycles. The van der Waals surface area contributed by atoms with Crippen LogP contribution in [-0.2, 0) is 9.59 Å². The van der Waals surface area contributed by atoms with Gasteiger partial charge in [0.05, 0.1) is 5.41 Å². The number of hydrogen-bond acceptors (Lipinski definition) is 2. The highest BCUT2D eigenvalue weighted by Crippen LogP contribution is 2.46. The maximum atomic E-state index is 10.2. The van der Waals surface area contributed by atoms with Gasteiger partial charge in [0.15, 0.2) is 0 Å². The Labute approximate surface area is 83.0 Å². The topological polar surface area (TPSA) is 66.4 Å². The molecule has 0 atom stereocenters.